The lowest BCUT2D eigenvalue weighted by molar-refractivity contribution is -0.149. The van der Waals surface area contributed by atoms with E-state index in [9.17, 15) is 9.18 Å². The lowest BCUT2D eigenvalue weighted by Crippen LogP contribution is -2.52. The summed E-state index contributed by atoms with van der Waals surface area (Å²) in [6.45, 7) is 10.4. The Hall–Kier alpha value is -1.62. The second-order valence-electron chi connectivity index (χ2n) is 8.96. The number of nitrogens with zero attached hydrogens (tertiary/aromatic N) is 2. The number of halogens is 1. The van der Waals surface area contributed by atoms with Crippen LogP contribution >= 0.6 is 0 Å². The highest BCUT2D eigenvalue weighted by Gasteiger charge is 2.47. The van der Waals surface area contributed by atoms with Gasteiger partial charge in [-0.15, -0.1) is 0 Å². The predicted octanol–water partition coefficient (Wildman–Crippen LogP) is 5.02. The first-order valence-electron chi connectivity index (χ1n) is 11.4. The highest BCUT2D eigenvalue weighted by atomic mass is 19.1. The van der Waals surface area contributed by atoms with Crippen LogP contribution in [0.2, 0.25) is 0 Å². The van der Waals surface area contributed by atoms with Crippen LogP contribution in [0.25, 0.3) is 0 Å². The zero-order valence-electron chi connectivity index (χ0n) is 18.3. The Bertz CT molecular complexity index is 665. The molecule has 0 aliphatic carbocycles. The minimum atomic E-state index is -0.234. The molecule has 2 fully saturated rings. The van der Waals surface area contributed by atoms with Gasteiger partial charge in [-0.05, 0) is 50.5 Å². The molecule has 0 saturated carbocycles. The number of hydrogen-bond acceptors (Lipinski definition) is 4. The molecular weight excluding hydrogens is 367 g/mol. The first-order chi connectivity index (χ1) is 14.0. The molecule has 2 aliphatic rings. The fourth-order valence-corrected chi connectivity index (χ4v) is 5.05. The van der Waals surface area contributed by atoms with E-state index in [4.69, 9.17) is 4.74 Å². The Kier molecular flexibility index (Phi) is 7.55. The number of piperazine rings is 1. The third kappa shape index (κ3) is 5.30. The summed E-state index contributed by atoms with van der Waals surface area (Å²) < 4.78 is 19.0. The molecule has 1 aromatic rings. The predicted molar refractivity (Wildman–Crippen MR) is 116 cm³/mol. The Labute approximate surface area is 175 Å². The second kappa shape index (κ2) is 9.92. The molecular formula is C24H37FN2O2. The van der Waals surface area contributed by atoms with Crippen LogP contribution in [0.15, 0.2) is 24.3 Å². The van der Waals surface area contributed by atoms with Gasteiger partial charge in [-0.2, -0.15) is 0 Å². The minimum Gasteiger partial charge on any atom is -0.462 e. The average molecular weight is 405 g/mol. The summed E-state index contributed by atoms with van der Waals surface area (Å²) in [5.41, 5.74) is 0.852. The zero-order chi connectivity index (χ0) is 20.9. The minimum absolute atomic E-state index is 0.0481. The number of unbranched alkanes of at least 4 members (excludes halogenated alkanes) is 1. The summed E-state index contributed by atoms with van der Waals surface area (Å²) >= 11 is 0. The van der Waals surface area contributed by atoms with E-state index in [1.807, 2.05) is 12.1 Å². The van der Waals surface area contributed by atoms with Crippen molar-refractivity contribution >= 4 is 11.7 Å². The first kappa shape index (κ1) is 22.1. The number of rotatable bonds is 9. The quantitative estimate of drug-likeness (QED) is 0.541. The summed E-state index contributed by atoms with van der Waals surface area (Å²) in [6, 6.07) is 7.20. The fraction of sp³-hybridized carbons (Fsp3) is 0.708. The molecule has 3 atom stereocenters. The van der Waals surface area contributed by atoms with Gasteiger partial charge in [-0.1, -0.05) is 33.1 Å². The maximum absolute atomic E-state index is 13.2. The Balaban J connectivity index is 1.50. The van der Waals surface area contributed by atoms with Crippen LogP contribution in [0.1, 0.15) is 65.7 Å². The van der Waals surface area contributed by atoms with E-state index in [2.05, 4.69) is 30.6 Å². The van der Waals surface area contributed by atoms with E-state index in [0.717, 1.165) is 76.8 Å². The number of carbonyl (C=O) groups is 1. The van der Waals surface area contributed by atoms with Gasteiger partial charge in [-0.25, -0.2) is 4.39 Å². The highest BCUT2D eigenvalue weighted by molar-refractivity contribution is 5.79. The lowest BCUT2D eigenvalue weighted by atomic mass is 9.76. The maximum atomic E-state index is 13.2. The van der Waals surface area contributed by atoms with E-state index in [-0.39, 0.29) is 23.3 Å². The van der Waals surface area contributed by atoms with Crippen molar-refractivity contribution in [3.8, 4) is 0 Å². The number of benzene rings is 1. The molecule has 1 aromatic carbocycles. The molecule has 162 valence electrons. The number of anilines is 1. The Morgan fingerprint density at radius 1 is 1.14 bits per heavy atom. The molecule has 0 N–H and O–H groups in total. The number of cyclic esters (lactones) is 1. The number of ether oxygens (including phenoxy) is 1. The summed E-state index contributed by atoms with van der Waals surface area (Å²) in [5, 5.41) is 0. The van der Waals surface area contributed by atoms with Gasteiger partial charge in [0.2, 0.25) is 0 Å². The van der Waals surface area contributed by atoms with Crippen LogP contribution in [-0.4, -0.2) is 49.2 Å². The molecule has 0 aromatic heterocycles. The second-order valence-corrected chi connectivity index (χ2v) is 8.96. The van der Waals surface area contributed by atoms with Crippen molar-refractivity contribution < 1.29 is 13.9 Å². The number of hydrogen-bond donors (Lipinski definition) is 0. The highest BCUT2D eigenvalue weighted by Crippen LogP contribution is 2.43. The van der Waals surface area contributed by atoms with Crippen LogP contribution in [0.4, 0.5) is 10.1 Å². The van der Waals surface area contributed by atoms with Gasteiger partial charge in [-0.3, -0.25) is 9.69 Å². The number of carbonyl (C=O) groups excluding carboxylic acids is 1. The van der Waals surface area contributed by atoms with Gasteiger partial charge in [0.15, 0.2) is 0 Å². The van der Waals surface area contributed by atoms with Crippen molar-refractivity contribution in [3.05, 3.63) is 30.1 Å². The van der Waals surface area contributed by atoms with Gasteiger partial charge in [0.25, 0.3) is 0 Å². The van der Waals surface area contributed by atoms with Crippen molar-refractivity contribution in [1.29, 1.82) is 0 Å². The van der Waals surface area contributed by atoms with Crippen molar-refractivity contribution in [2.75, 3.05) is 31.1 Å². The summed E-state index contributed by atoms with van der Waals surface area (Å²) in [6.07, 6.45) is 7.06. The standard InChI is InChI=1S/C24H37FN2O2/c1-4-6-13-24(12-5-2)17-22(29-23(24)28)11-14-26-15-16-27(18-19(26)3)21-9-7-20(25)8-10-21/h7-10,19,22H,4-6,11-18H2,1-3H3. The van der Waals surface area contributed by atoms with E-state index in [1.165, 1.54) is 12.1 Å². The summed E-state index contributed by atoms with van der Waals surface area (Å²) in [5.74, 6) is -0.142. The normalized spacial score (nSPS) is 28.0. The maximum Gasteiger partial charge on any atom is 0.312 e. The monoisotopic (exact) mass is 404 g/mol. The molecule has 0 radical (unpaired) electrons. The number of esters is 1. The zero-order valence-corrected chi connectivity index (χ0v) is 18.3. The van der Waals surface area contributed by atoms with Crippen LogP contribution < -0.4 is 4.90 Å². The first-order valence-corrected chi connectivity index (χ1v) is 11.4. The molecule has 29 heavy (non-hydrogen) atoms. The van der Waals surface area contributed by atoms with Crippen LogP contribution in [-0.2, 0) is 9.53 Å². The molecule has 2 saturated heterocycles. The molecule has 2 aliphatic heterocycles. The molecule has 3 rings (SSSR count). The third-order valence-corrected chi connectivity index (χ3v) is 6.76. The Morgan fingerprint density at radius 2 is 1.90 bits per heavy atom. The van der Waals surface area contributed by atoms with Gasteiger partial charge in [0.1, 0.15) is 11.9 Å². The lowest BCUT2D eigenvalue weighted by Gasteiger charge is -2.41. The van der Waals surface area contributed by atoms with Gasteiger partial charge < -0.3 is 9.64 Å². The van der Waals surface area contributed by atoms with E-state index < -0.39 is 0 Å². The average Bonchev–Trinajstić information content (AvgIpc) is 3.02. The summed E-state index contributed by atoms with van der Waals surface area (Å²) in [4.78, 5) is 17.5. The van der Waals surface area contributed by atoms with Crippen LogP contribution in [0.3, 0.4) is 0 Å². The van der Waals surface area contributed by atoms with E-state index >= 15 is 0 Å². The smallest absolute Gasteiger partial charge is 0.312 e. The third-order valence-electron chi connectivity index (χ3n) is 6.76. The van der Waals surface area contributed by atoms with Gasteiger partial charge in [0, 0.05) is 44.3 Å². The molecule has 3 unspecified atom stereocenters. The molecule has 4 nitrogen and oxygen atoms in total. The van der Waals surface area contributed by atoms with Gasteiger partial charge in [0.05, 0.1) is 5.41 Å². The van der Waals surface area contributed by atoms with Crippen LogP contribution in [0.5, 0.6) is 0 Å². The van der Waals surface area contributed by atoms with Crippen molar-refractivity contribution in [1.82, 2.24) is 4.90 Å². The molecule has 5 heteroatoms. The molecule has 0 bridgehead atoms. The van der Waals surface area contributed by atoms with Crippen molar-refractivity contribution in [2.45, 2.75) is 77.9 Å². The van der Waals surface area contributed by atoms with Crippen molar-refractivity contribution in [3.63, 3.8) is 0 Å². The van der Waals surface area contributed by atoms with E-state index in [1.54, 1.807) is 0 Å². The van der Waals surface area contributed by atoms with Crippen molar-refractivity contribution in [2.24, 2.45) is 5.41 Å². The van der Waals surface area contributed by atoms with Gasteiger partial charge >= 0.3 is 5.97 Å². The molecule has 2 heterocycles. The Morgan fingerprint density at radius 3 is 2.55 bits per heavy atom. The SMILES string of the molecule is CCCCC1(CCC)CC(CCN2CCN(c3ccc(F)cc3)CC2C)OC1=O. The largest absolute Gasteiger partial charge is 0.462 e. The molecule has 0 amide bonds. The van der Waals surface area contributed by atoms with E-state index in [0.29, 0.717) is 6.04 Å². The fourth-order valence-electron chi connectivity index (χ4n) is 5.05. The molecule has 0 spiro atoms. The summed E-state index contributed by atoms with van der Waals surface area (Å²) in [7, 11) is 0. The van der Waals surface area contributed by atoms with Crippen LogP contribution in [0, 0.1) is 11.2 Å². The topological polar surface area (TPSA) is 32.8 Å².